The molecule has 0 amide bonds. The molecule has 2 rings (SSSR count). The van der Waals surface area contributed by atoms with Gasteiger partial charge in [0.05, 0.1) is 0 Å². The van der Waals surface area contributed by atoms with E-state index in [2.05, 4.69) is 51.9 Å². The average molecular weight is 303 g/mol. The molecule has 2 nitrogen and oxygen atoms in total. The summed E-state index contributed by atoms with van der Waals surface area (Å²) >= 11 is 5.31. The lowest BCUT2D eigenvalue weighted by molar-refractivity contribution is 0.443. The van der Waals surface area contributed by atoms with Crippen LogP contribution in [0.4, 0.5) is 0 Å². The zero-order valence-corrected chi connectivity index (χ0v) is 12.2. The zero-order chi connectivity index (χ0) is 11.6. The number of thiophene rings is 1. The Labute approximate surface area is 110 Å². The standard InChI is InChI=1S/C12H19BrN2S/c1-12(2)6-10(7-15-12)14-4-3-11-5-9(13)8-16-11/h5,8,10,14-15H,3-4,6-7H2,1-2H3. The Kier molecular flexibility index (Phi) is 4.06. The Bertz CT molecular complexity index is 349. The number of halogens is 1. The molecule has 0 aromatic carbocycles. The molecule has 90 valence electrons. The van der Waals surface area contributed by atoms with Gasteiger partial charge in [-0.25, -0.2) is 0 Å². The maximum atomic E-state index is 3.62. The largest absolute Gasteiger partial charge is 0.312 e. The zero-order valence-electron chi connectivity index (χ0n) is 9.85. The van der Waals surface area contributed by atoms with Crippen molar-refractivity contribution >= 4 is 27.3 Å². The minimum atomic E-state index is 0.309. The number of nitrogens with one attached hydrogen (secondary N) is 2. The number of rotatable bonds is 4. The van der Waals surface area contributed by atoms with Gasteiger partial charge in [0.1, 0.15) is 0 Å². The molecule has 1 unspecified atom stereocenters. The maximum absolute atomic E-state index is 3.62. The lowest BCUT2D eigenvalue weighted by Gasteiger charge is -2.17. The molecule has 1 aliphatic rings. The first-order valence-corrected chi connectivity index (χ1v) is 7.44. The first-order chi connectivity index (χ1) is 7.55. The fraction of sp³-hybridized carbons (Fsp3) is 0.667. The Morgan fingerprint density at radius 3 is 3.00 bits per heavy atom. The SMILES string of the molecule is CC1(C)CC(NCCc2cc(Br)cs2)CN1. The predicted molar refractivity (Wildman–Crippen MR) is 74.2 cm³/mol. The first kappa shape index (κ1) is 12.6. The second kappa shape index (κ2) is 5.17. The van der Waals surface area contributed by atoms with Crippen molar-refractivity contribution in [3.8, 4) is 0 Å². The van der Waals surface area contributed by atoms with Crippen LogP contribution in [0.2, 0.25) is 0 Å². The molecule has 1 saturated heterocycles. The third-order valence-electron chi connectivity index (χ3n) is 3.01. The van der Waals surface area contributed by atoms with Gasteiger partial charge in [0.25, 0.3) is 0 Å². The maximum Gasteiger partial charge on any atom is 0.0285 e. The van der Waals surface area contributed by atoms with Crippen LogP contribution in [0.1, 0.15) is 25.1 Å². The lowest BCUT2D eigenvalue weighted by Crippen LogP contribution is -2.32. The highest BCUT2D eigenvalue weighted by molar-refractivity contribution is 9.10. The molecular weight excluding hydrogens is 284 g/mol. The smallest absolute Gasteiger partial charge is 0.0285 e. The van der Waals surface area contributed by atoms with Crippen LogP contribution >= 0.6 is 27.3 Å². The van der Waals surface area contributed by atoms with Crippen molar-refractivity contribution in [1.82, 2.24) is 10.6 Å². The molecule has 4 heteroatoms. The van der Waals surface area contributed by atoms with Gasteiger partial charge in [-0.05, 0) is 48.7 Å². The monoisotopic (exact) mass is 302 g/mol. The quantitative estimate of drug-likeness (QED) is 0.894. The molecule has 2 N–H and O–H groups in total. The van der Waals surface area contributed by atoms with Crippen molar-refractivity contribution in [2.75, 3.05) is 13.1 Å². The third-order valence-corrected chi connectivity index (χ3v) is 4.77. The second-order valence-electron chi connectivity index (χ2n) is 5.10. The van der Waals surface area contributed by atoms with Crippen LogP contribution in [0.3, 0.4) is 0 Å². The van der Waals surface area contributed by atoms with Crippen LogP contribution in [-0.2, 0) is 6.42 Å². The molecule has 0 saturated carbocycles. The fourth-order valence-electron chi connectivity index (χ4n) is 2.19. The summed E-state index contributed by atoms with van der Waals surface area (Å²) in [5.74, 6) is 0. The van der Waals surface area contributed by atoms with Crippen molar-refractivity contribution in [2.24, 2.45) is 0 Å². The van der Waals surface area contributed by atoms with Crippen LogP contribution < -0.4 is 10.6 Å². The molecule has 1 aromatic rings. The average Bonchev–Trinajstić information content (AvgIpc) is 2.73. The normalized spacial score (nSPS) is 23.8. The van der Waals surface area contributed by atoms with Crippen molar-refractivity contribution in [2.45, 2.75) is 38.3 Å². The Morgan fingerprint density at radius 2 is 2.44 bits per heavy atom. The van der Waals surface area contributed by atoms with E-state index in [-0.39, 0.29) is 0 Å². The van der Waals surface area contributed by atoms with Crippen molar-refractivity contribution in [3.05, 3.63) is 20.8 Å². The summed E-state index contributed by atoms with van der Waals surface area (Å²) in [6, 6.07) is 2.85. The Balaban J connectivity index is 1.69. The molecule has 1 atom stereocenters. The van der Waals surface area contributed by atoms with Crippen LogP contribution in [0.25, 0.3) is 0 Å². The Hall–Kier alpha value is 0.1000. The van der Waals surface area contributed by atoms with Gasteiger partial charge in [-0.1, -0.05) is 0 Å². The van der Waals surface area contributed by atoms with Crippen molar-refractivity contribution in [3.63, 3.8) is 0 Å². The minimum Gasteiger partial charge on any atom is -0.312 e. The molecule has 0 spiro atoms. The van der Waals surface area contributed by atoms with Gasteiger partial charge >= 0.3 is 0 Å². The second-order valence-corrected chi connectivity index (χ2v) is 7.01. The van der Waals surface area contributed by atoms with Gasteiger partial charge in [0.2, 0.25) is 0 Å². The Morgan fingerprint density at radius 1 is 1.62 bits per heavy atom. The van der Waals surface area contributed by atoms with E-state index in [0.29, 0.717) is 11.6 Å². The van der Waals surface area contributed by atoms with Gasteiger partial charge in [-0.2, -0.15) is 0 Å². The van der Waals surface area contributed by atoms with E-state index in [9.17, 15) is 0 Å². The summed E-state index contributed by atoms with van der Waals surface area (Å²) in [5.41, 5.74) is 0.309. The van der Waals surface area contributed by atoms with Gasteiger partial charge < -0.3 is 10.6 Å². The molecule has 16 heavy (non-hydrogen) atoms. The lowest BCUT2D eigenvalue weighted by atomic mass is 10.0. The summed E-state index contributed by atoms with van der Waals surface area (Å²) in [4.78, 5) is 1.45. The van der Waals surface area contributed by atoms with Gasteiger partial charge in [-0.15, -0.1) is 11.3 Å². The molecule has 1 aliphatic heterocycles. The molecule has 1 fully saturated rings. The van der Waals surface area contributed by atoms with Crippen LogP contribution in [0.5, 0.6) is 0 Å². The number of hydrogen-bond acceptors (Lipinski definition) is 3. The molecule has 0 bridgehead atoms. The van der Waals surface area contributed by atoms with Crippen LogP contribution in [-0.4, -0.2) is 24.7 Å². The topological polar surface area (TPSA) is 24.1 Å². The van der Waals surface area contributed by atoms with Crippen LogP contribution in [0.15, 0.2) is 15.9 Å². The molecule has 0 radical (unpaired) electrons. The van der Waals surface area contributed by atoms with Crippen molar-refractivity contribution in [1.29, 1.82) is 0 Å². The highest BCUT2D eigenvalue weighted by Crippen LogP contribution is 2.20. The summed E-state index contributed by atoms with van der Waals surface area (Å²) in [6.07, 6.45) is 2.36. The predicted octanol–water partition coefficient (Wildman–Crippen LogP) is 2.78. The third kappa shape index (κ3) is 3.55. The summed E-state index contributed by atoms with van der Waals surface area (Å²) < 4.78 is 1.20. The summed E-state index contributed by atoms with van der Waals surface area (Å²) in [7, 11) is 0. The van der Waals surface area contributed by atoms with Crippen LogP contribution in [0, 0.1) is 0 Å². The fourth-order valence-corrected chi connectivity index (χ4v) is 3.64. The van der Waals surface area contributed by atoms with Gasteiger partial charge in [0.15, 0.2) is 0 Å². The summed E-state index contributed by atoms with van der Waals surface area (Å²) in [6.45, 7) is 6.71. The van der Waals surface area contributed by atoms with E-state index >= 15 is 0 Å². The molecule has 2 heterocycles. The van der Waals surface area contributed by atoms with E-state index in [1.807, 2.05) is 11.3 Å². The summed E-state index contributed by atoms with van der Waals surface area (Å²) in [5, 5.41) is 9.30. The van der Waals surface area contributed by atoms with E-state index in [4.69, 9.17) is 0 Å². The molecule has 0 aliphatic carbocycles. The number of hydrogen-bond donors (Lipinski definition) is 2. The van der Waals surface area contributed by atoms with Crippen molar-refractivity contribution < 1.29 is 0 Å². The highest BCUT2D eigenvalue weighted by atomic mass is 79.9. The van der Waals surface area contributed by atoms with E-state index in [1.165, 1.54) is 15.8 Å². The molecule has 1 aromatic heterocycles. The van der Waals surface area contributed by atoms with Gasteiger partial charge in [-0.3, -0.25) is 0 Å². The highest BCUT2D eigenvalue weighted by Gasteiger charge is 2.29. The van der Waals surface area contributed by atoms with E-state index < -0.39 is 0 Å². The van der Waals surface area contributed by atoms with E-state index in [0.717, 1.165) is 19.5 Å². The minimum absolute atomic E-state index is 0.309. The first-order valence-electron chi connectivity index (χ1n) is 5.76. The van der Waals surface area contributed by atoms with Gasteiger partial charge in [0, 0.05) is 39.4 Å². The van der Waals surface area contributed by atoms with E-state index in [1.54, 1.807) is 0 Å². The molecular formula is C12H19BrN2S.